The standard InChI is InChI=1S/C14H20N4S/c15-14(19)13-9-11(3-5-16-13)18-8-4-12(10-18)17-6-1-2-7-17/h3,5,9,12H,1-2,4,6-8,10H2,(H2,15,19). The molecule has 1 atom stereocenters. The van der Waals surface area contributed by atoms with Crippen molar-refractivity contribution in [1.82, 2.24) is 9.88 Å². The summed E-state index contributed by atoms with van der Waals surface area (Å²) in [6, 6.07) is 4.77. The Labute approximate surface area is 119 Å². The fraction of sp³-hybridized carbons (Fsp3) is 0.571. The number of aromatic nitrogens is 1. The van der Waals surface area contributed by atoms with Crippen molar-refractivity contribution in [1.29, 1.82) is 0 Å². The van der Waals surface area contributed by atoms with Crippen LogP contribution in [-0.4, -0.2) is 47.1 Å². The van der Waals surface area contributed by atoms with E-state index in [1.54, 1.807) is 6.20 Å². The van der Waals surface area contributed by atoms with E-state index in [4.69, 9.17) is 18.0 Å². The van der Waals surface area contributed by atoms with Crippen LogP contribution in [-0.2, 0) is 0 Å². The van der Waals surface area contributed by atoms with Gasteiger partial charge in [-0.15, -0.1) is 0 Å². The topological polar surface area (TPSA) is 45.4 Å². The molecule has 0 bridgehead atoms. The number of pyridine rings is 1. The van der Waals surface area contributed by atoms with Gasteiger partial charge in [0.1, 0.15) is 4.99 Å². The summed E-state index contributed by atoms with van der Waals surface area (Å²) in [5.41, 5.74) is 7.56. The van der Waals surface area contributed by atoms with Gasteiger partial charge in [-0.25, -0.2) is 0 Å². The molecule has 2 aliphatic heterocycles. The Balaban J connectivity index is 1.70. The van der Waals surface area contributed by atoms with Gasteiger partial charge in [-0.1, -0.05) is 12.2 Å². The number of likely N-dealkylation sites (tertiary alicyclic amines) is 1. The Kier molecular flexibility index (Phi) is 3.66. The monoisotopic (exact) mass is 276 g/mol. The average molecular weight is 276 g/mol. The van der Waals surface area contributed by atoms with Gasteiger partial charge in [0.25, 0.3) is 0 Å². The molecule has 3 heterocycles. The van der Waals surface area contributed by atoms with Crippen LogP contribution in [0.1, 0.15) is 25.0 Å². The summed E-state index contributed by atoms with van der Waals surface area (Å²) in [5.74, 6) is 0. The minimum atomic E-state index is 0.372. The third kappa shape index (κ3) is 2.72. The van der Waals surface area contributed by atoms with E-state index in [-0.39, 0.29) is 0 Å². The summed E-state index contributed by atoms with van der Waals surface area (Å²) in [6.45, 7) is 4.77. The fourth-order valence-electron chi connectivity index (χ4n) is 3.13. The lowest BCUT2D eigenvalue weighted by molar-refractivity contribution is 0.260. The van der Waals surface area contributed by atoms with E-state index in [1.165, 1.54) is 38.0 Å². The second-order valence-electron chi connectivity index (χ2n) is 5.40. The van der Waals surface area contributed by atoms with Crippen LogP contribution in [0.3, 0.4) is 0 Å². The Bertz CT molecular complexity index is 470. The molecule has 1 aromatic rings. The van der Waals surface area contributed by atoms with Crippen LogP contribution >= 0.6 is 12.2 Å². The van der Waals surface area contributed by atoms with Crippen LogP contribution in [0.25, 0.3) is 0 Å². The number of hydrogen-bond donors (Lipinski definition) is 1. The molecule has 3 rings (SSSR count). The number of rotatable bonds is 3. The maximum Gasteiger partial charge on any atom is 0.122 e. The van der Waals surface area contributed by atoms with Gasteiger partial charge in [-0.2, -0.15) is 0 Å². The normalized spacial score (nSPS) is 24.0. The molecule has 0 aliphatic carbocycles. The first kappa shape index (κ1) is 12.8. The predicted molar refractivity (Wildman–Crippen MR) is 81.5 cm³/mol. The summed E-state index contributed by atoms with van der Waals surface area (Å²) in [6.07, 6.45) is 5.77. The van der Waals surface area contributed by atoms with Crippen LogP contribution in [0.5, 0.6) is 0 Å². The Morgan fingerprint density at radius 2 is 2.11 bits per heavy atom. The van der Waals surface area contributed by atoms with E-state index in [2.05, 4.69) is 14.8 Å². The lowest BCUT2D eigenvalue weighted by atomic mass is 10.2. The highest BCUT2D eigenvalue weighted by Gasteiger charge is 2.29. The van der Waals surface area contributed by atoms with Gasteiger partial charge in [-0.05, 0) is 44.5 Å². The Morgan fingerprint density at radius 3 is 2.84 bits per heavy atom. The van der Waals surface area contributed by atoms with E-state index < -0.39 is 0 Å². The second kappa shape index (κ2) is 5.43. The van der Waals surface area contributed by atoms with E-state index in [0.29, 0.717) is 11.0 Å². The van der Waals surface area contributed by atoms with Crippen LogP contribution < -0.4 is 10.6 Å². The molecule has 19 heavy (non-hydrogen) atoms. The number of thiocarbonyl (C=S) groups is 1. The Hall–Kier alpha value is -1.20. The van der Waals surface area contributed by atoms with Crippen LogP contribution in [0.15, 0.2) is 18.3 Å². The zero-order valence-corrected chi connectivity index (χ0v) is 11.9. The molecular formula is C14H20N4S. The zero-order chi connectivity index (χ0) is 13.2. The first-order valence-electron chi connectivity index (χ1n) is 6.99. The van der Waals surface area contributed by atoms with Crippen LogP contribution in [0.2, 0.25) is 0 Å². The first-order valence-corrected chi connectivity index (χ1v) is 7.40. The molecule has 2 aliphatic rings. The number of anilines is 1. The minimum absolute atomic E-state index is 0.372. The summed E-state index contributed by atoms with van der Waals surface area (Å²) in [4.78, 5) is 9.63. The molecule has 2 fully saturated rings. The number of nitrogens with two attached hydrogens (primary N) is 1. The molecule has 4 nitrogen and oxygen atoms in total. The maximum absolute atomic E-state index is 5.65. The molecule has 0 spiro atoms. The minimum Gasteiger partial charge on any atom is -0.388 e. The van der Waals surface area contributed by atoms with Crippen molar-refractivity contribution >= 4 is 22.9 Å². The number of nitrogens with zero attached hydrogens (tertiary/aromatic N) is 3. The van der Waals surface area contributed by atoms with Crippen LogP contribution in [0, 0.1) is 0 Å². The molecule has 0 amide bonds. The van der Waals surface area contributed by atoms with Gasteiger partial charge in [-0.3, -0.25) is 9.88 Å². The predicted octanol–water partition coefficient (Wildman–Crippen LogP) is 1.39. The molecule has 0 saturated carbocycles. The van der Waals surface area contributed by atoms with Crippen molar-refractivity contribution in [3.8, 4) is 0 Å². The molecule has 102 valence electrons. The fourth-order valence-corrected chi connectivity index (χ4v) is 3.24. The smallest absolute Gasteiger partial charge is 0.122 e. The lowest BCUT2D eigenvalue weighted by Crippen LogP contribution is -2.35. The number of hydrogen-bond acceptors (Lipinski definition) is 4. The summed E-state index contributed by atoms with van der Waals surface area (Å²) >= 11 is 5.00. The summed E-state index contributed by atoms with van der Waals surface area (Å²) in [5, 5.41) is 0. The molecule has 2 saturated heterocycles. The third-order valence-corrected chi connectivity index (χ3v) is 4.39. The van der Waals surface area contributed by atoms with E-state index in [1.807, 2.05) is 12.1 Å². The molecule has 5 heteroatoms. The van der Waals surface area contributed by atoms with Crippen molar-refractivity contribution < 1.29 is 0 Å². The molecule has 1 aromatic heterocycles. The van der Waals surface area contributed by atoms with Crippen molar-refractivity contribution in [3.05, 3.63) is 24.0 Å². The van der Waals surface area contributed by atoms with Crippen molar-refractivity contribution in [3.63, 3.8) is 0 Å². The molecule has 0 radical (unpaired) electrons. The highest BCUT2D eigenvalue weighted by Crippen LogP contribution is 2.25. The van der Waals surface area contributed by atoms with Crippen molar-refractivity contribution in [2.45, 2.75) is 25.3 Å². The molecular weight excluding hydrogens is 256 g/mol. The lowest BCUT2D eigenvalue weighted by Gasteiger charge is -2.24. The van der Waals surface area contributed by atoms with Gasteiger partial charge < -0.3 is 10.6 Å². The summed E-state index contributed by atoms with van der Waals surface area (Å²) in [7, 11) is 0. The quantitative estimate of drug-likeness (QED) is 0.845. The van der Waals surface area contributed by atoms with Crippen molar-refractivity contribution in [2.75, 3.05) is 31.1 Å². The van der Waals surface area contributed by atoms with Gasteiger partial charge in [0.15, 0.2) is 0 Å². The van der Waals surface area contributed by atoms with Gasteiger partial charge in [0.05, 0.1) is 5.69 Å². The largest absolute Gasteiger partial charge is 0.388 e. The first-order chi connectivity index (χ1) is 9.24. The van der Waals surface area contributed by atoms with Crippen LogP contribution in [0.4, 0.5) is 5.69 Å². The van der Waals surface area contributed by atoms with Gasteiger partial charge in [0, 0.05) is 31.0 Å². The molecule has 2 N–H and O–H groups in total. The molecule has 0 aromatic carbocycles. The van der Waals surface area contributed by atoms with E-state index in [9.17, 15) is 0 Å². The summed E-state index contributed by atoms with van der Waals surface area (Å²) < 4.78 is 0. The Morgan fingerprint density at radius 1 is 1.32 bits per heavy atom. The van der Waals surface area contributed by atoms with E-state index in [0.717, 1.165) is 18.8 Å². The van der Waals surface area contributed by atoms with E-state index >= 15 is 0 Å². The SMILES string of the molecule is NC(=S)c1cc(N2CCC(N3CCCC3)C2)ccn1. The highest BCUT2D eigenvalue weighted by atomic mass is 32.1. The second-order valence-corrected chi connectivity index (χ2v) is 5.83. The third-order valence-electron chi connectivity index (χ3n) is 4.18. The van der Waals surface area contributed by atoms with Gasteiger partial charge >= 0.3 is 0 Å². The average Bonchev–Trinajstić information content (AvgIpc) is 3.09. The zero-order valence-electron chi connectivity index (χ0n) is 11.1. The van der Waals surface area contributed by atoms with Gasteiger partial charge in [0.2, 0.25) is 0 Å². The van der Waals surface area contributed by atoms with Crippen molar-refractivity contribution in [2.24, 2.45) is 5.73 Å². The molecule has 1 unspecified atom stereocenters. The maximum atomic E-state index is 5.65. The highest BCUT2D eigenvalue weighted by molar-refractivity contribution is 7.80.